The average Bonchev–Trinajstić information content (AvgIpc) is 2.42. The Morgan fingerprint density at radius 3 is 2.50 bits per heavy atom. The van der Waals surface area contributed by atoms with E-state index in [2.05, 4.69) is 12.2 Å². The molecular weight excluding hydrogens is 296 g/mol. The van der Waals surface area contributed by atoms with E-state index in [0.29, 0.717) is 15.6 Å². The summed E-state index contributed by atoms with van der Waals surface area (Å²) in [7, 11) is 0. The molecule has 0 saturated carbocycles. The highest BCUT2D eigenvalue weighted by atomic mass is 35.5. The molecule has 0 aliphatic rings. The van der Waals surface area contributed by atoms with Crippen LogP contribution in [0.3, 0.4) is 0 Å². The van der Waals surface area contributed by atoms with Gasteiger partial charge in [-0.25, -0.2) is 4.39 Å². The summed E-state index contributed by atoms with van der Waals surface area (Å²) in [6, 6.07) is 11.7. The van der Waals surface area contributed by atoms with Crippen LogP contribution in [0.1, 0.15) is 30.5 Å². The molecule has 0 radical (unpaired) electrons. The molecule has 0 saturated heterocycles. The Labute approximate surface area is 128 Å². The lowest BCUT2D eigenvalue weighted by molar-refractivity contribution is 0.547. The predicted octanol–water partition coefficient (Wildman–Crippen LogP) is 5.22. The second-order valence-corrected chi connectivity index (χ2v) is 5.42. The molecule has 0 fully saturated rings. The Hall–Kier alpha value is -1.09. The largest absolute Gasteiger partial charge is 0.306 e. The first-order valence-electron chi connectivity index (χ1n) is 6.56. The van der Waals surface area contributed by atoms with Gasteiger partial charge in [0, 0.05) is 15.6 Å². The molecule has 0 aliphatic heterocycles. The summed E-state index contributed by atoms with van der Waals surface area (Å²) in [5.74, 6) is -0.243. The van der Waals surface area contributed by atoms with E-state index in [0.717, 1.165) is 18.5 Å². The Balaban J connectivity index is 2.44. The Kier molecular flexibility index (Phi) is 5.41. The maximum absolute atomic E-state index is 14.1. The van der Waals surface area contributed by atoms with Crippen LogP contribution in [0.15, 0.2) is 42.5 Å². The fourth-order valence-electron chi connectivity index (χ4n) is 2.12. The van der Waals surface area contributed by atoms with Crippen molar-refractivity contribution in [2.45, 2.75) is 19.4 Å². The minimum absolute atomic E-state index is 0.243. The second kappa shape index (κ2) is 7.07. The Bertz CT molecular complexity index is 586. The van der Waals surface area contributed by atoms with Crippen LogP contribution in [-0.2, 0) is 0 Å². The van der Waals surface area contributed by atoms with Gasteiger partial charge >= 0.3 is 0 Å². The van der Waals surface area contributed by atoms with Gasteiger partial charge in [-0.05, 0) is 36.7 Å². The molecule has 1 N–H and O–H groups in total. The van der Waals surface area contributed by atoms with Crippen LogP contribution >= 0.6 is 23.2 Å². The van der Waals surface area contributed by atoms with Crippen molar-refractivity contribution in [2.75, 3.05) is 6.54 Å². The molecule has 20 heavy (non-hydrogen) atoms. The van der Waals surface area contributed by atoms with Crippen LogP contribution in [0.5, 0.6) is 0 Å². The van der Waals surface area contributed by atoms with E-state index in [1.165, 1.54) is 6.07 Å². The SMILES string of the molecule is CCCNC(c1ccccc1F)c1ccc(Cl)cc1Cl. The summed E-state index contributed by atoms with van der Waals surface area (Å²) in [4.78, 5) is 0. The van der Waals surface area contributed by atoms with Crippen LogP contribution in [0.25, 0.3) is 0 Å². The number of hydrogen-bond acceptors (Lipinski definition) is 1. The first-order chi connectivity index (χ1) is 9.63. The molecule has 1 unspecified atom stereocenters. The fraction of sp³-hybridized carbons (Fsp3) is 0.250. The van der Waals surface area contributed by atoms with E-state index in [4.69, 9.17) is 23.2 Å². The topological polar surface area (TPSA) is 12.0 Å². The molecule has 1 atom stereocenters. The van der Waals surface area contributed by atoms with Crippen molar-refractivity contribution in [3.63, 3.8) is 0 Å². The number of halogens is 3. The summed E-state index contributed by atoms with van der Waals surface area (Å²) in [6.07, 6.45) is 0.955. The molecule has 0 heterocycles. The lowest BCUT2D eigenvalue weighted by atomic mass is 9.98. The minimum Gasteiger partial charge on any atom is -0.306 e. The van der Waals surface area contributed by atoms with E-state index < -0.39 is 0 Å². The fourth-order valence-corrected chi connectivity index (χ4v) is 2.64. The van der Waals surface area contributed by atoms with Crippen molar-refractivity contribution < 1.29 is 4.39 Å². The molecule has 0 aromatic heterocycles. The van der Waals surface area contributed by atoms with E-state index in [1.807, 2.05) is 12.1 Å². The highest BCUT2D eigenvalue weighted by molar-refractivity contribution is 6.35. The van der Waals surface area contributed by atoms with Gasteiger partial charge in [0.15, 0.2) is 0 Å². The van der Waals surface area contributed by atoms with Gasteiger partial charge in [-0.1, -0.05) is 54.4 Å². The summed E-state index contributed by atoms with van der Waals surface area (Å²) in [5, 5.41) is 4.44. The zero-order valence-electron chi connectivity index (χ0n) is 11.2. The summed E-state index contributed by atoms with van der Waals surface area (Å²) in [5.41, 5.74) is 1.42. The van der Waals surface area contributed by atoms with Crippen molar-refractivity contribution in [1.82, 2.24) is 5.32 Å². The molecule has 2 aromatic rings. The Morgan fingerprint density at radius 1 is 1.10 bits per heavy atom. The third kappa shape index (κ3) is 3.51. The molecular formula is C16H16Cl2FN. The van der Waals surface area contributed by atoms with Crippen molar-refractivity contribution in [3.8, 4) is 0 Å². The summed E-state index contributed by atoms with van der Waals surface area (Å²) >= 11 is 12.2. The minimum atomic E-state index is -0.277. The lowest BCUT2D eigenvalue weighted by Gasteiger charge is -2.21. The van der Waals surface area contributed by atoms with Gasteiger partial charge in [-0.2, -0.15) is 0 Å². The number of rotatable bonds is 5. The summed E-state index contributed by atoms with van der Waals surface area (Å²) < 4.78 is 14.1. The van der Waals surface area contributed by atoms with Crippen LogP contribution in [0, 0.1) is 5.82 Å². The molecule has 0 spiro atoms. The first-order valence-corrected chi connectivity index (χ1v) is 7.31. The molecule has 1 nitrogen and oxygen atoms in total. The Morgan fingerprint density at radius 2 is 1.85 bits per heavy atom. The van der Waals surface area contributed by atoms with Gasteiger partial charge in [0.1, 0.15) is 5.82 Å². The van der Waals surface area contributed by atoms with E-state index >= 15 is 0 Å². The number of nitrogens with one attached hydrogen (secondary N) is 1. The molecule has 0 bridgehead atoms. The van der Waals surface area contributed by atoms with E-state index in [-0.39, 0.29) is 11.9 Å². The third-order valence-corrected chi connectivity index (χ3v) is 3.65. The molecule has 4 heteroatoms. The quantitative estimate of drug-likeness (QED) is 0.798. The van der Waals surface area contributed by atoms with Gasteiger partial charge in [0.2, 0.25) is 0 Å². The van der Waals surface area contributed by atoms with Gasteiger partial charge < -0.3 is 5.32 Å². The number of hydrogen-bond donors (Lipinski definition) is 1. The standard InChI is InChI=1S/C16H16Cl2FN/c1-2-9-20-16(13-5-3-4-6-15(13)19)12-8-7-11(17)10-14(12)18/h3-8,10,16,20H,2,9H2,1H3. The maximum Gasteiger partial charge on any atom is 0.128 e. The van der Waals surface area contributed by atoms with Crippen molar-refractivity contribution in [3.05, 3.63) is 69.5 Å². The van der Waals surface area contributed by atoms with E-state index in [1.54, 1.807) is 24.3 Å². The summed E-state index contributed by atoms with van der Waals surface area (Å²) in [6.45, 7) is 2.84. The third-order valence-electron chi connectivity index (χ3n) is 3.09. The molecule has 2 aromatic carbocycles. The van der Waals surface area contributed by atoms with Crippen LogP contribution < -0.4 is 5.32 Å². The van der Waals surface area contributed by atoms with Gasteiger partial charge in [0.25, 0.3) is 0 Å². The molecule has 0 amide bonds. The molecule has 106 valence electrons. The molecule has 2 rings (SSSR count). The van der Waals surface area contributed by atoms with E-state index in [9.17, 15) is 4.39 Å². The normalized spacial score (nSPS) is 12.4. The average molecular weight is 312 g/mol. The van der Waals surface area contributed by atoms with Gasteiger partial charge in [-0.15, -0.1) is 0 Å². The van der Waals surface area contributed by atoms with Crippen LogP contribution in [-0.4, -0.2) is 6.54 Å². The maximum atomic E-state index is 14.1. The van der Waals surface area contributed by atoms with Gasteiger partial charge in [-0.3, -0.25) is 0 Å². The lowest BCUT2D eigenvalue weighted by Crippen LogP contribution is -2.24. The first kappa shape index (κ1) is 15.3. The number of benzene rings is 2. The van der Waals surface area contributed by atoms with Crippen LogP contribution in [0.2, 0.25) is 10.0 Å². The monoisotopic (exact) mass is 311 g/mol. The highest BCUT2D eigenvalue weighted by Gasteiger charge is 2.19. The van der Waals surface area contributed by atoms with Crippen molar-refractivity contribution >= 4 is 23.2 Å². The predicted molar refractivity (Wildman–Crippen MR) is 83.0 cm³/mol. The molecule has 0 aliphatic carbocycles. The van der Waals surface area contributed by atoms with Gasteiger partial charge in [0.05, 0.1) is 6.04 Å². The highest BCUT2D eigenvalue weighted by Crippen LogP contribution is 2.31. The van der Waals surface area contributed by atoms with Crippen molar-refractivity contribution in [1.29, 1.82) is 0 Å². The van der Waals surface area contributed by atoms with Crippen molar-refractivity contribution in [2.24, 2.45) is 0 Å². The second-order valence-electron chi connectivity index (χ2n) is 4.57. The zero-order chi connectivity index (χ0) is 14.5. The van der Waals surface area contributed by atoms with Crippen LogP contribution in [0.4, 0.5) is 4.39 Å². The smallest absolute Gasteiger partial charge is 0.128 e. The zero-order valence-corrected chi connectivity index (χ0v) is 12.7.